The Labute approximate surface area is 124 Å². The van der Waals surface area contributed by atoms with Gasteiger partial charge in [0, 0.05) is 31.9 Å². The molecule has 0 fully saturated rings. The smallest absolute Gasteiger partial charge is 0.131 e. The number of pyridine rings is 1. The lowest BCUT2D eigenvalue weighted by atomic mass is 10.1. The van der Waals surface area contributed by atoms with Crippen LogP contribution in [-0.2, 0) is 6.54 Å². The summed E-state index contributed by atoms with van der Waals surface area (Å²) in [6.45, 7) is 12.9. The van der Waals surface area contributed by atoms with Crippen LogP contribution in [0.4, 0.5) is 5.82 Å². The summed E-state index contributed by atoms with van der Waals surface area (Å²) < 4.78 is 0. The van der Waals surface area contributed by atoms with Gasteiger partial charge < -0.3 is 10.2 Å². The first-order valence-electron chi connectivity index (χ1n) is 7.75. The molecular weight excluding hydrogens is 246 g/mol. The van der Waals surface area contributed by atoms with Gasteiger partial charge in [-0.3, -0.25) is 0 Å². The third kappa shape index (κ3) is 5.91. The standard InChI is InChI=1S/C17H31N3/c1-7-8-9-10-20(6)16-14(2)11-15(12-18-16)13-19-17(3,4)5/h11-12,19H,7-10,13H2,1-6H3. The largest absolute Gasteiger partial charge is 0.359 e. The summed E-state index contributed by atoms with van der Waals surface area (Å²) in [5.74, 6) is 1.11. The zero-order chi connectivity index (χ0) is 15.2. The first-order valence-corrected chi connectivity index (χ1v) is 7.75. The Morgan fingerprint density at radius 1 is 1.25 bits per heavy atom. The number of aromatic nitrogens is 1. The van der Waals surface area contributed by atoms with Gasteiger partial charge in [0.25, 0.3) is 0 Å². The minimum atomic E-state index is 0.142. The molecule has 0 saturated heterocycles. The Balaban J connectivity index is 2.63. The second-order valence-corrected chi connectivity index (χ2v) is 6.72. The van der Waals surface area contributed by atoms with Gasteiger partial charge in [0.15, 0.2) is 0 Å². The van der Waals surface area contributed by atoms with E-state index < -0.39 is 0 Å². The number of nitrogens with zero attached hydrogens (tertiary/aromatic N) is 2. The van der Waals surface area contributed by atoms with E-state index in [4.69, 9.17) is 0 Å². The molecule has 0 aromatic carbocycles. The molecule has 0 unspecified atom stereocenters. The molecule has 114 valence electrons. The minimum Gasteiger partial charge on any atom is -0.359 e. The summed E-state index contributed by atoms with van der Waals surface area (Å²) in [5, 5.41) is 3.50. The van der Waals surface area contributed by atoms with Gasteiger partial charge in [0.2, 0.25) is 0 Å². The van der Waals surface area contributed by atoms with Gasteiger partial charge in [-0.05, 0) is 51.3 Å². The van der Waals surface area contributed by atoms with Gasteiger partial charge in [-0.2, -0.15) is 0 Å². The van der Waals surface area contributed by atoms with E-state index in [1.165, 1.54) is 30.4 Å². The molecule has 0 amide bonds. The van der Waals surface area contributed by atoms with Crippen molar-refractivity contribution in [1.29, 1.82) is 0 Å². The molecule has 0 spiro atoms. The van der Waals surface area contributed by atoms with Crippen molar-refractivity contribution in [3.05, 3.63) is 23.4 Å². The lowest BCUT2D eigenvalue weighted by Gasteiger charge is -2.22. The summed E-state index contributed by atoms with van der Waals surface area (Å²) in [6.07, 6.45) is 5.79. The van der Waals surface area contributed by atoms with Gasteiger partial charge >= 0.3 is 0 Å². The second kappa shape index (κ2) is 7.63. The summed E-state index contributed by atoms with van der Waals surface area (Å²) >= 11 is 0. The molecule has 0 radical (unpaired) electrons. The molecule has 1 aromatic rings. The number of unbranched alkanes of at least 4 members (excludes halogenated alkanes) is 2. The van der Waals surface area contributed by atoms with E-state index in [0.29, 0.717) is 0 Å². The number of hydrogen-bond acceptors (Lipinski definition) is 3. The van der Waals surface area contributed by atoms with Crippen LogP contribution in [-0.4, -0.2) is 24.1 Å². The van der Waals surface area contributed by atoms with Gasteiger partial charge in [-0.15, -0.1) is 0 Å². The summed E-state index contributed by atoms with van der Waals surface area (Å²) in [7, 11) is 2.14. The van der Waals surface area contributed by atoms with Crippen LogP contribution in [0.2, 0.25) is 0 Å². The maximum Gasteiger partial charge on any atom is 0.131 e. The molecule has 0 aliphatic rings. The van der Waals surface area contributed by atoms with Crippen molar-refractivity contribution in [3.8, 4) is 0 Å². The Bertz CT molecular complexity index is 407. The van der Waals surface area contributed by atoms with Crippen LogP contribution in [0.15, 0.2) is 12.3 Å². The molecule has 0 aliphatic carbocycles. The predicted octanol–water partition coefficient (Wildman–Crippen LogP) is 3.90. The highest BCUT2D eigenvalue weighted by Gasteiger charge is 2.10. The van der Waals surface area contributed by atoms with E-state index in [1.54, 1.807) is 0 Å². The molecule has 0 atom stereocenters. The molecule has 0 bridgehead atoms. The van der Waals surface area contributed by atoms with Crippen LogP contribution in [0.3, 0.4) is 0 Å². The van der Waals surface area contributed by atoms with Crippen LogP contribution < -0.4 is 10.2 Å². The maximum atomic E-state index is 4.64. The molecule has 1 aromatic heterocycles. The minimum absolute atomic E-state index is 0.142. The van der Waals surface area contributed by atoms with Crippen LogP contribution in [0.5, 0.6) is 0 Å². The van der Waals surface area contributed by atoms with Crippen molar-refractivity contribution >= 4 is 5.82 Å². The average Bonchev–Trinajstić information content (AvgIpc) is 2.35. The van der Waals surface area contributed by atoms with Crippen LogP contribution >= 0.6 is 0 Å². The van der Waals surface area contributed by atoms with Gasteiger partial charge in [-0.1, -0.05) is 19.8 Å². The predicted molar refractivity (Wildman–Crippen MR) is 88.4 cm³/mol. The molecule has 1 rings (SSSR count). The molecule has 3 heteroatoms. The summed E-state index contributed by atoms with van der Waals surface area (Å²) in [6, 6.07) is 2.25. The van der Waals surface area contributed by atoms with E-state index in [9.17, 15) is 0 Å². The van der Waals surface area contributed by atoms with Gasteiger partial charge in [0.1, 0.15) is 5.82 Å². The SMILES string of the molecule is CCCCCN(C)c1ncc(CNC(C)(C)C)cc1C. The number of nitrogens with one attached hydrogen (secondary N) is 1. The van der Waals surface area contributed by atoms with Gasteiger partial charge in [-0.25, -0.2) is 4.98 Å². The Morgan fingerprint density at radius 2 is 1.95 bits per heavy atom. The number of aryl methyl sites for hydroxylation is 1. The van der Waals surface area contributed by atoms with Crippen LogP contribution in [0.1, 0.15) is 58.1 Å². The molecule has 0 aliphatic heterocycles. The van der Waals surface area contributed by atoms with E-state index in [2.05, 4.69) is 62.9 Å². The Kier molecular flexibility index (Phi) is 6.47. The lowest BCUT2D eigenvalue weighted by molar-refractivity contribution is 0.424. The first-order chi connectivity index (χ1) is 9.33. The third-order valence-electron chi connectivity index (χ3n) is 3.39. The zero-order valence-corrected chi connectivity index (χ0v) is 14.1. The fourth-order valence-corrected chi connectivity index (χ4v) is 2.19. The fourth-order valence-electron chi connectivity index (χ4n) is 2.19. The van der Waals surface area contributed by atoms with Gasteiger partial charge in [0.05, 0.1) is 0 Å². The highest BCUT2D eigenvalue weighted by molar-refractivity contribution is 5.46. The average molecular weight is 277 g/mol. The summed E-state index contributed by atoms with van der Waals surface area (Å²) in [5.41, 5.74) is 2.66. The number of rotatable bonds is 7. The van der Waals surface area contributed by atoms with Crippen molar-refractivity contribution < 1.29 is 0 Å². The Hall–Kier alpha value is -1.09. The molecule has 1 N–H and O–H groups in total. The van der Waals surface area contributed by atoms with Crippen molar-refractivity contribution in [1.82, 2.24) is 10.3 Å². The van der Waals surface area contributed by atoms with Crippen LogP contribution in [0, 0.1) is 6.92 Å². The third-order valence-corrected chi connectivity index (χ3v) is 3.39. The zero-order valence-electron chi connectivity index (χ0n) is 14.1. The lowest BCUT2D eigenvalue weighted by Crippen LogP contribution is -2.35. The van der Waals surface area contributed by atoms with E-state index in [-0.39, 0.29) is 5.54 Å². The normalized spacial score (nSPS) is 11.7. The van der Waals surface area contributed by atoms with Crippen molar-refractivity contribution in [2.75, 3.05) is 18.5 Å². The molecular formula is C17H31N3. The highest BCUT2D eigenvalue weighted by atomic mass is 15.2. The summed E-state index contributed by atoms with van der Waals surface area (Å²) in [4.78, 5) is 6.91. The van der Waals surface area contributed by atoms with E-state index in [0.717, 1.165) is 18.9 Å². The van der Waals surface area contributed by atoms with E-state index >= 15 is 0 Å². The van der Waals surface area contributed by atoms with Crippen molar-refractivity contribution in [2.24, 2.45) is 0 Å². The van der Waals surface area contributed by atoms with Crippen LogP contribution in [0.25, 0.3) is 0 Å². The highest BCUT2D eigenvalue weighted by Crippen LogP contribution is 2.17. The fraction of sp³-hybridized carbons (Fsp3) is 0.706. The Morgan fingerprint density at radius 3 is 2.50 bits per heavy atom. The maximum absolute atomic E-state index is 4.64. The second-order valence-electron chi connectivity index (χ2n) is 6.72. The molecule has 20 heavy (non-hydrogen) atoms. The molecule has 3 nitrogen and oxygen atoms in total. The number of hydrogen-bond donors (Lipinski definition) is 1. The quantitative estimate of drug-likeness (QED) is 0.766. The van der Waals surface area contributed by atoms with Crippen molar-refractivity contribution in [2.45, 2.75) is 66.0 Å². The molecule has 1 heterocycles. The first kappa shape index (κ1) is 17.0. The van der Waals surface area contributed by atoms with Crippen molar-refractivity contribution in [3.63, 3.8) is 0 Å². The monoisotopic (exact) mass is 277 g/mol. The molecule has 0 saturated carbocycles. The number of anilines is 1. The van der Waals surface area contributed by atoms with E-state index in [1.807, 2.05) is 6.20 Å². The topological polar surface area (TPSA) is 28.2 Å².